The minimum absolute atomic E-state index is 0. The molecular weight excluding hydrogens is 506 g/mol. The fourth-order valence-electron chi connectivity index (χ4n) is 4.00. The maximum atomic E-state index is 14.5. The van der Waals surface area contributed by atoms with E-state index < -0.39 is 17.5 Å². The van der Waals surface area contributed by atoms with Gasteiger partial charge in [0.25, 0.3) is 5.91 Å². The summed E-state index contributed by atoms with van der Waals surface area (Å²) in [6, 6.07) is 22.4. The first-order valence-electron chi connectivity index (χ1n) is 11.7. The number of halogens is 2. The number of benzene rings is 3. The maximum Gasteiger partial charge on any atom is 0.273 e. The predicted molar refractivity (Wildman–Crippen MR) is 142 cm³/mol. The molecule has 2 heterocycles. The van der Waals surface area contributed by atoms with E-state index in [1.807, 2.05) is 66.1 Å². The first-order valence-corrected chi connectivity index (χ1v) is 11.7. The highest BCUT2D eigenvalue weighted by Gasteiger charge is 2.22. The molecule has 0 saturated carbocycles. The van der Waals surface area contributed by atoms with Crippen molar-refractivity contribution in [3.63, 3.8) is 0 Å². The summed E-state index contributed by atoms with van der Waals surface area (Å²) < 4.78 is 29.9. The van der Waals surface area contributed by atoms with Gasteiger partial charge in [0, 0.05) is 23.6 Å². The highest BCUT2D eigenvalue weighted by Crippen LogP contribution is 2.19. The molecule has 11 heteroatoms. The molecule has 0 aliphatic heterocycles. The molecule has 1 amide bonds. The number of pyridine rings is 1. The number of para-hydroxylation sites is 1. The zero-order valence-corrected chi connectivity index (χ0v) is 21.1. The quantitative estimate of drug-likeness (QED) is 0.304. The van der Waals surface area contributed by atoms with Crippen LogP contribution in [0.25, 0.3) is 10.9 Å². The number of aromatic nitrogens is 4. The molecule has 0 spiro atoms. The van der Waals surface area contributed by atoms with Gasteiger partial charge in [-0.05, 0) is 30.7 Å². The lowest BCUT2D eigenvalue weighted by Crippen LogP contribution is -2.32. The largest absolute Gasteiger partial charge is 0.412 e. The smallest absolute Gasteiger partial charge is 0.273 e. The Labute approximate surface area is 223 Å². The van der Waals surface area contributed by atoms with E-state index >= 15 is 0 Å². The fourth-order valence-corrected chi connectivity index (χ4v) is 4.00. The number of fused-ring (bicyclic) bond motifs is 1. The number of nitrogens with two attached hydrogens (primary N) is 1. The predicted octanol–water partition coefficient (Wildman–Crippen LogP) is 3.81. The van der Waals surface area contributed by atoms with Crippen LogP contribution in [-0.2, 0) is 19.6 Å². The first-order chi connectivity index (χ1) is 18.5. The van der Waals surface area contributed by atoms with Crippen LogP contribution in [0.4, 0.5) is 8.78 Å². The van der Waals surface area contributed by atoms with Crippen LogP contribution in [0.1, 0.15) is 33.0 Å². The van der Waals surface area contributed by atoms with Gasteiger partial charge >= 0.3 is 0 Å². The minimum Gasteiger partial charge on any atom is -0.412 e. The van der Waals surface area contributed by atoms with Crippen molar-refractivity contribution in [2.45, 2.75) is 26.6 Å². The molecule has 0 bridgehead atoms. The molecular formula is C28H28F2N6O3. The molecule has 5 N–H and O–H groups in total. The maximum absolute atomic E-state index is 14.5. The van der Waals surface area contributed by atoms with Crippen LogP contribution in [-0.4, -0.2) is 41.2 Å². The Bertz CT molecular complexity index is 1540. The highest BCUT2D eigenvalue weighted by molar-refractivity contribution is 5.94. The molecule has 0 aliphatic carbocycles. The number of hydrogen-bond donors (Lipinski definition) is 2. The Kier molecular flexibility index (Phi) is 9.87. The Morgan fingerprint density at radius 1 is 0.974 bits per heavy atom. The number of rotatable bonds is 7. The third-order valence-electron chi connectivity index (χ3n) is 5.98. The Morgan fingerprint density at radius 2 is 1.72 bits per heavy atom. The summed E-state index contributed by atoms with van der Waals surface area (Å²) in [5.41, 5.74) is 3.30. The van der Waals surface area contributed by atoms with E-state index in [0.717, 1.165) is 22.6 Å². The molecule has 0 aliphatic rings. The van der Waals surface area contributed by atoms with Crippen LogP contribution in [0.5, 0.6) is 0 Å². The molecule has 0 radical (unpaired) electrons. The van der Waals surface area contributed by atoms with Gasteiger partial charge in [0.1, 0.15) is 23.7 Å². The molecule has 202 valence electrons. The monoisotopic (exact) mass is 534 g/mol. The van der Waals surface area contributed by atoms with Gasteiger partial charge in [0.2, 0.25) is 0 Å². The van der Waals surface area contributed by atoms with Gasteiger partial charge in [-0.3, -0.25) is 4.79 Å². The topological polar surface area (TPSA) is 142 Å². The summed E-state index contributed by atoms with van der Waals surface area (Å²) in [5.74, 6) is 2.24. The summed E-state index contributed by atoms with van der Waals surface area (Å²) in [7, 11) is 0. The lowest BCUT2D eigenvalue weighted by Gasteiger charge is -2.23. The van der Waals surface area contributed by atoms with Crippen molar-refractivity contribution >= 4 is 16.8 Å². The van der Waals surface area contributed by atoms with Crippen molar-refractivity contribution in [3.05, 3.63) is 125 Å². The summed E-state index contributed by atoms with van der Waals surface area (Å²) in [6.07, 6.45) is 1.60. The number of nitrogens with zero attached hydrogens (tertiary/aromatic N) is 5. The zero-order chi connectivity index (χ0) is 27.1. The van der Waals surface area contributed by atoms with Crippen molar-refractivity contribution in [3.8, 4) is 0 Å². The van der Waals surface area contributed by atoms with E-state index in [2.05, 4.69) is 21.1 Å². The lowest BCUT2D eigenvalue weighted by atomic mass is 10.1. The number of hydrogen-bond acceptors (Lipinski definition) is 6. The second kappa shape index (κ2) is 13.3. The van der Waals surface area contributed by atoms with Gasteiger partial charge in [-0.25, -0.2) is 19.7 Å². The van der Waals surface area contributed by atoms with E-state index in [0.29, 0.717) is 17.9 Å². The Hall–Kier alpha value is -4.58. The zero-order valence-electron chi connectivity index (χ0n) is 21.1. The molecule has 0 fully saturated rings. The molecule has 0 saturated heterocycles. The van der Waals surface area contributed by atoms with Gasteiger partial charge in [-0.2, -0.15) is 0 Å². The second-order valence-electron chi connectivity index (χ2n) is 8.65. The van der Waals surface area contributed by atoms with Crippen molar-refractivity contribution in [2.75, 3.05) is 0 Å². The number of carbonyl (C=O) groups is 1. The molecule has 5 rings (SSSR count). The van der Waals surface area contributed by atoms with Gasteiger partial charge in [0.05, 0.1) is 18.6 Å². The lowest BCUT2D eigenvalue weighted by molar-refractivity contribution is 0.0716. The summed E-state index contributed by atoms with van der Waals surface area (Å²) in [6.45, 7) is 2.52. The van der Waals surface area contributed by atoms with Gasteiger partial charge < -0.3 is 20.2 Å². The van der Waals surface area contributed by atoms with Crippen LogP contribution < -0.4 is 5.90 Å². The van der Waals surface area contributed by atoms with Crippen molar-refractivity contribution in [1.29, 1.82) is 0 Å². The number of amides is 1. The van der Waals surface area contributed by atoms with Crippen LogP contribution >= 0.6 is 0 Å². The third kappa shape index (κ3) is 7.05. The van der Waals surface area contributed by atoms with E-state index in [1.54, 1.807) is 12.4 Å². The van der Waals surface area contributed by atoms with Crippen molar-refractivity contribution < 1.29 is 24.3 Å². The number of aryl methyl sites for hydroxylation is 1. The molecule has 3 aromatic carbocycles. The molecule has 39 heavy (non-hydrogen) atoms. The standard InChI is InChI=1S/C28H23F2N5O.H3NO.H2O/c1-19-6-8-20(9-7-19)15-35-18-31-33-27(35)17-34(16-22-10-12-23(29)14-24(22)30)28(36)26-13-11-21-4-2-3-5-25(21)32-26;1-2;/h2-14,18H,15-17H2,1H3;2H,1H2;1H2. The summed E-state index contributed by atoms with van der Waals surface area (Å²) >= 11 is 0. The Balaban J connectivity index is 0.00000137. The SMILES string of the molecule is Cc1ccc(Cn2cnnc2CN(Cc2ccc(F)cc2F)C(=O)c2ccc3ccccc3n2)cc1.NO.O. The normalized spacial score (nSPS) is 10.4. The van der Waals surface area contributed by atoms with Gasteiger partial charge in [-0.15, -0.1) is 10.2 Å². The average Bonchev–Trinajstić information content (AvgIpc) is 3.37. The van der Waals surface area contributed by atoms with Crippen LogP contribution in [0.3, 0.4) is 0 Å². The number of carbonyl (C=O) groups excluding carboxylic acids is 1. The molecule has 0 unspecified atom stereocenters. The van der Waals surface area contributed by atoms with E-state index in [1.165, 1.54) is 17.0 Å². The molecule has 9 nitrogen and oxygen atoms in total. The summed E-state index contributed by atoms with van der Waals surface area (Å²) in [5, 5.41) is 15.7. The third-order valence-corrected chi connectivity index (χ3v) is 5.98. The van der Waals surface area contributed by atoms with Crippen LogP contribution in [0.15, 0.2) is 85.2 Å². The average molecular weight is 535 g/mol. The summed E-state index contributed by atoms with van der Waals surface area (Å²) in [4.78, 5) is 19.6. The van der Waals surface area contributed by atoms with Crippen LogP contribution in [0.2, 0.25) is 0 Å². The molecule has 0 atom stereocenters. The second-order valence-corrected chi connectivity index (χ2v) is 8.65. The first kappa shape index (κ1) is 29.0. The van der Waals surface area contributed by atoms with Gasteiger partial charge in [0.15, 0.2) is 5.82 Å². The highest BCUT2D eigenvalue weighted by atomic mass is 19.1. The molecule has 5 aromatic rings. The van der Waals surface area contributed by atoms with Gasteiger partial charge in [-0.1, -0.05) is 60.2 Å². The Morgan fingerprint density at radius 3 is 2.46 bits per heavy atom. The van der Waals surface area contributed by atoms with Crippen molar-refractivity contribution in [1.82, 2.24) is 24.6 Å². The van der Waals surface area contributed by atoms with E-state index in [9.17, 15) is 13.6 Å². The molecule has 2 aromatic heterocycles. The fraction of sp³-hybridized carbons (Fsp3) is 0.143. The minimum atomic E-state index is -0.722. The van der Waals surface area contributed by atoms with Crippen LogP contribution in [0, 0.1) is 18.6 Å². The van der Waals surface area contributed by atoms with E-state index in [-0.39, 0.29) is 29.8 Å². The van der Waals surface area contributed by atoms with E-state index in [4.69, 9.17) is 5.21 Å². The van der Waals surface area contributed by atoms with Crippen molar-refractivity contribution in [2.24, 2.45) is 5.90 Å².